The monoisotopic (exact) mass is 489 g/mol. The van der Waals surface area contributed by atoms with Crippen molar-refractivity contribution in [3.8, 4) is 0 Å². The highest BCUT2D eigenvalue weighted by Gasteiger charge is 2.22. The number of para-hydroxylation sites is 1. The number of aryl methyl sites for hydroxylation is 1. The lowest BCUT2D eigenvalue weighted by Crippen LogP contribution is -2.24. The van der Waals surface area contributed by atoms with Gasteiger partial charge in [-0.1, -0.05) is 36.7 Å². The lowest BCUT2D eigenvalue weighted by atomic mass is 10.0. The van der Waals surface area contributed by atoms with E-state index in [0.717, 1.165) is 10.00 Å². The number of esters is 1. The van der Waals surface area contributed by atoms with Crippen LogP contribution in [0.4, 0.5) is 5.69 Å². The number of aromatic nitrogens is 1. The van der Waals surface area contributed by atoms with Crippen molar-refractivity contribution in [2.45, 2.75) is 25.2 Å². The second kappa shape index (κ2) is 9.86. The van der Waals surface area contributed by atoms with Crippen molar-refractivity contribution in [2.24, 2.45) is 0 Å². The number of fused-ring (bicyclic) bond motifs is 1. The molecule has 0 aliphatic rings. The summed E-state index contributed by atoms with van der Waals surface area (Å²) in [5.41, 5.74) is 2.74. The predicted octanol–water partition coefficient (Wildman–Crippen LogP) is 3.80. The molecule has 3 aromatic rings. The minimum Gasteiger partial charge on any atom is -0.452 e. The van der Waals surface area contributed by atoms with Crippen molar-refractivity contribution in [1.29, 1.82) is 0 Å². The molecule has 0 unspecified atom stereocenters. The summed E-state index contributed by atoms with van der Waals surface area (Å²) in [6.45, 7) is 3.20. The molecule has 0 bridgehead atoms. The number of ether oxygens (including phenoxy) is 1. The van der Waals surface area contributed by atoms with Gasteiger partial charge in [-0.3, -0.25) is 9.78 Å². The fraction of sp³-hybridized carbons (Fsp3) is 0.261. The van der Waals surface area contributed by atoms with Crippen molar-refractivity contribution in [1.82, 2.24) is 9.29 Å². The van der Waals surface area contributed by atoms with E-state index in [9.17, 15) is 18.0 Å². The van der Waals surface area contributed by atoms with Gasteiger partial charge in [0.2, 0.25) is 10.0 Å². The minimum atomic E-state index is -3.80. The van der Waals surface area contributed by atoms with E-state index in [0.29, 0.717) is 28.5 Å². The summed E-state index contributed by atoms with van der Waals surface area (Å²) in [4.78, 5) is 29.7. The van der Waals surface area contributed by atoms with E-state index < -0.39 is 28.5 Å². The van der Waals surface area contributed by atoms with Gasteiger partial charge in [-0.25, -0.2) is 17.5 Å². The Bertz CT molecular complexity index is 1340. The van der Waals surface area contributed by atoms with E-state index in [2.05, 4.69) is 10.3 Å². The van der Waals surface area contributed by atoms with Crippen LogP contribution in [0.3, 0.4) is 0 Å². The molecule has 3 rings (SSSR count). The molecular formula is C23H24ClN3O5S. The molecule has 0 aliphatic heterocycles. The number of halogens is 1. The summed E-state index contributed by atoms with van der Waals surface area (Å²) in [5, 5.41) is 3.21. The zero-order valence-electron chi connectivity index (χ0n) is 18.7. The molecule has 2 aromatic carbocycles. The van der Waals surface area contributed by atoms with Crippen LogP contribution in [-0.2, 0) is 26.0 Å². The largest absolute Gasteiger partial charge is 0.452 e. The number of rotatable bonds is 7. The highest BCUT2D eigenvalue weighted by Crippen LogP contribution is 2.27. The molecule has 1 heterocycles. The van der Waals surface area contributed by atoms with Gasteiger partial charge in [0.1, 0.15) is 4.90 Å². The molecule has 0 spiro atoms. The molecular weight excluding hydrogens is 466 g/mol. The number of nitrogens with one attached hydrogen (secondary N) is 1. The smallest absolute Gasteiger partial charge is 0.339 e. The van der Waals surface area contributed by atoms with Gasteiger partial charge in [0.05, 0.1) is 16.1 Å². The number of carbonyl (C=O) groups excluding carboxylic acids is 2. The van der Waals surface area contributed by atoms with Crippen molar-refractivity contribution < 1.29 is 22.7 Å². The third-order valence-corrected chi connectivity index (χ3v) is 7.38. The Morgan fingerprint density at radius 1 is 1.15 bits per heavy atom. The van der Waals surface area contributed by atoms with Crippen LogP contribution in [0.1, 0.15) is 28.5 Å². The highest BCUT2D eigenvalue weighted by molar-refractivity contribution is 7.89. The molecule has 0 fully saturated rings. The molecule has 1 N–H and O–H groups in total. The van der Waals surface area contributed by atoms with E-state index in [1.807, 2.05) is 19.1 Å². The van der Waals surface area contributed by atoms with E-state index >= 15 is 0 Å². The molecule has 0 aliphatic carbocycles. The number of sulfonamides is 1. The lowest BCUT2D eigenvalue weighted by Gasteiger charge is -2.15. The molecule has 0 radical (unpaired) electrons. The molecule has 33 heavy (non-hydrogen) atoms. The average Bonchev–Trinajstić information content (AvgIpc) is 2.78. The van der Waals surface area contributed by atoms with Crippen molar-refractivity contribution in [3.63, 3.8) is 0 Å². The Morgan fingerprint density at radius 3 is 2.52 bits per heavy atom. The van der Waals surface area contributed by atoms with Crippen LogP contribution in [0.15, 0.2) is 47.4 Å². The second-order valence-electron chi connectivity index (χ2n) is 7.49. The van der Waals surface area contributed by atoms with Crippen molar-refractivity contribution >= 4 is 50.1 Å². The standard InChI is InChI=1S/C23H24ClN3O5S/c1-5-18-14(2)22(16-8-6-7-9-19(16)26-18)23(29)32-13-21(28)25-15-10-11-17(24)20(12-15)33(30,31)27(3)4/h6-12H,5,13H2,1-4H3,(H,25,28). The number of hydrogen-bond acceptors (Lipinski definition) is 6. The summed E-state index contributed by atoms with van der Waals surface area (Å²) in [5.74, 6) is -1.26. The molecule has 8 nitrogen and oxygen atoms in total. The fourth-order valence-electron chi connectivity index (χ4n) is 3.34. The molecule has 174 valence electrons. The Balaban J connectivity index is 1.78. The number of amides is 1. The Morgan fingerprint density at radius 2 is 1.85 bits per heavy atom. The first-order chi connectivity index (χ1) is 15.6. The van der Waals surface area contributed by atoms with Crippen molar-refractivity contribution in [3.05, 3.63) is 64.3 Å². The minimum absolute atomic E-state index is 0.0277. The maximum Gasteiger partial charge on any atom is 0.339 e. The zero-order valence-corrected chi connectivity index (χ0v) is 20.2. The van der Waals surface area contributed by atoms with Crippen LogP contribution in [0.25, 0.3) is 10.9 Å². The highest BCUT2D eigenvalue weighted by atomic mass is 35.5. The second-order valence-corrected chi connectivity index (χ2v) is 10.0. The molecule has 0 atom stereocenters. The number of hydrogen-bond donors (Lipinski definition) is 1. The van der Waals surface area contributed by atoms with Crippen LogP contribution in [0.2, 0.25) is 5.02 Å². The maximum absolute atomic E-state index is 12.9. The van der Waals surface area contributed by atoms with E-state index in [1.165, 1.54) is 32.3 Å². The van der Waals surface area contributed by atoms with Crippen LogP contribution in [0, 0.1) is 6.92 Å². The Labute approximate surface area is 197 Å². The van der Waals surface area contributed by atoms with Crippen LogP contribution < -0.4 is 5.32 Å². The summed E-state index contributed by atoms with van der Waals surface area (Å²) in [6.07, 6.45) is 0.645. The Hall–Kier alpha value is -3.01. The predicted molar refractivity (Wildman–Crippen MR) is 127 cm³/mol. The first-order valence-corrected chi connectivity index (χ1v) is 11.9. The number of pyridine rings is 1. The van der Waals surface area contributed by atoms with Gasteiger partial charge < -0.3 is 10.1 Å². The van der Waals surface area contributed by atoms with E-state index in [1.54, 1.807) is 19.1 Å². The number of carbonyl (C=O) groups is 2. The third kappa shape index (κ3) is 5.16. The first-order valence-electron chi connectivity index (χ1n) is 10.1. The topological polar surface area (TPSA) is 106 Å². The van der Waals surface area contributed by atoms with Crippen molar-refractivity contribution in [2.75, 3.05) is 26.0 Å². The van der Waals surface area contributed by atoms with E-state index in [-0.39, 0.29) is 15.6 Å². The van der Waals surface area contributed by atoms with Gasteiger partial charge in [-0.05, 0) is 43.2 Å². The third-order valence-electron chi connectivity index (χ3n) is 5.08. The lowest BCUT2D eigenvalue weighted by molar-refractivity contribution is -0.119. The Kier molecular flexibility index (Phi) is 7.36. The SMILES string of the molecule is CCc1nc2ccccc2c(C(=O)OCC(=O)Nc2ccc(Cl)c(S(=O)(=O)N(C)C)c2)c1C. The fourth-order valence-corrected chi connectivity index (χ4v) is 4.73. The summed E-state index contributed by atoms with van der Waals surface area (Å²) in [7, 11) is -1.04. The first kappa shape index (κ1) is 24.6. The van der Waals surface area contributed by atoms with Crippen LogP contribution in [0.5, 0.6) is 0 Å². The van der Waals surface area contributed by atoms with Gasteiger partial charge in [0.15, 0.2) is 6.61 Å². The molecule has 0 saturated carbocycles. The average molecular weight is 490 g/mol. The normalized spacial score (nSPS) is 11.6. The van der Waals surface area contributed by atoms with Gasteiger partial charge in [-0.2, -0.15) is 0 Å². The number of benzene rings is 2. The molecule has 10 heteroatoms. The maximum atomic E-state index is 12.9. The van der Waals surface area contributed by atoms with Crippen LogP contribution in [-0.4, -0.2) is 50.3 Å². The molecule has 0 saturated heterocycles. The van der Waals surface area contributed by atoms with Gasteiger partial charge in [0, 0.05) is 30.9 Å². The quantitative estimate of drug-likeness (QED) is 0.506. The van der Waals surface area contributed by atoms with Gasteiger partial charge in [0.25, 0.3) is 5.91 Å². The molecule has 1 aromatic heterocycles. The summed E-state index contributed by atoms with van der Waals surface area (Å²) in [6, 6.07) is 11.3. The van der Waals surface area contributed by atoms with Gasteiger partial charge in [-0.15, -0.1) is 0 Å². The summed E-state index contributed by atoms with van der Waals surface area (Å²) >= 11 is 6.03. The van der Waals surface area contributed by atoms with E-state index in [4.69, 9.17) is 16.3 Å². The summed E-state index contributed by atoms with van der Waals surface area (Å²) < 4.78 is 31.1. The zero-order chi connectivity index (χ0) is 24.3. The van der Waals surface area contributed by atoms with Gasteiger partial charge >= 0.3 is 5.97 Å². The number of nitrogens with zero attached hydrogens (tertiary/aromatic N) is 2. The molecule has 1 amide bonds. The van der Waals surface area contributed by atoms with Crippen LogP contribution >= 0.6 is 11.6 Å². The number of anilines is 1.